The van der Waals surface area contributed by atoms with E-state index in [4.69, 9.17) is 9.72 Å². The molecule has 0 spiro atoms. The summed E-state index contributed by atoms with van der Waals surface area (Å²) in [6.07, 6.45) is -5.14. The summed E-state index contributed by atoms with van der Waals surface area (Å²) >= 11 is 0. The summed E-state index contributed by atoms with van der Waals surface area (Å²) in [6.45, 7) is 7.59. The van der Waals surface area contributed by atoms with E-state index in [0.717, 1.165) is 41.4 Å². The van der Waals surface area contributed by atoms with Crippen molar-refractivity contribution in [1.29, 1.82) is 0 Å². The van der Waals surface area contributed by atoms with Crippen molar-refractivity contribution in [3.63, 3.8) is 0 Å². The van der Waals surface area contributed by atoms with E-state index in [9.17, 15) is 23.1 Å². The van der Waals surface area contributed by atoms with Crippen LogP contribution in [0.4, 0.5) is 35.3 Å². The molecule has 0 aliphatic carbocycles. The average molecular weight is 534 g/mol. The number of carbonyl (C=O) groups excluding carboxylic acids is 1. The number of aliphatic hydroxyl groups excluding tert-OH is 1. The molecule has 3 atom stereocenters. The Bertz CT molecular complexity index is 1150. The Morgan fingerprint density at radius 2 is 1.87 bits per heavy atom. The summed E-state index contributed by atoms with van der Waals surface area (Å²) < 4.78 is 43.8. The second-order valence-corrected chi connectivity index (χ2v) is 10.5. The number of pyridine rings is 1. The molecule has 2 amide bonds. The van der Waals surface area contributed by atoms with Gasteiger partial charge in [-0.2, -0.15) is 13.2 Å². The maximum absolute atomic E-state index is 12.9. The quantitative estimate of drug-likeness (QED) is 0.598. The molecule has 1 aromatic heterocycles. The first kappa shape index (κ1) is 26.6. The highest BCUT2D eigenvalue weighted by atomic mass is 19.4. The van der Waals surface area contributed by atoms with Gasteiger partial charge in [-0.1, -0.05) is 6.07 Å². The van der Waals surface area contributed by atoms with Gasteiger partial charge < -0.3 is 29.9 Å². The summed E-state index contributed by atoms with van der Waals surface area (Å²) in [7, 11) is 0. The number of hydrogen-bond acceptors (Lipinski definition) is 6. The molecule has 4 heterocycles. The van der Waals surface area contributed by atoms with Crippen LogP contribution < -0.4 is 15.1 Å². The third-order valence-electron chi connectivity index (χ3n) is 7.75. The van der Waals surface area contributed by atoms with E-state index in [1.165, 1.54) is 4.90 Å². The molecule has 3 aliphatic rings. The van der Waals surface area contributed by atoms with Crippen LogP contribution in [0.3, 0.4) is 0 Å². The van der Waals surface area contributed by atoms with Crippen LogP contribution in [0.15, 0.2) is 30.3 Å². The highest BCUT2D eigenvalue weighted by Gasteiger charge is 2.37. The number of β-amino-alcohol motifs (C(OH)–C–C–N with tert-alkyl or cyclic N) is 1. The Labute approximate surface area is 220 Å². The van der Waals surface area contributed by atoms with Crippen LogP contribution in [0.2, 0.25) is 0 Å². The number of anilines is 3. The lowest BCUT2D eigenvalue weighted by atomic mass is 9.98. The lowest BCUT2D eigenvalue weighted by Gasteiger charge is -2.44. The van der Waals surface area contributed by atoms with Gasteiger partial charge in [0.2, 0.25) is 0 Å². The van der Waals surface area contributed by atoms with E-state index in [1.807, 2.05) is 38.1 Å². The third kappa shape index (κ3) is 5.83. The fourth-order valence-electron chi connectivity index (χ4n) is 5.38. The van der Waals surface area contributed by atoms with Crippen molar-refractivity contribution in [3.05, 3.63) is 35.9 Å². The number of carbonyl (C=O) groups is 1. The molecule has 3 aliphatic heterocycles. The lowest BCUT2D eigenvalue weighted by Crippen LogP contribution is -2.59. The van der Waals surface area contributed by atoms with Crippen LogP contribution in [-0.2, 0) is 4.74 Å². The molecular weight excluding hydrogens is 499 g/mol. The molecule has 0 bridgehead atoms. The van der Waals surface area contributed by atoms with Crippen LogP contribution in [0.25, 0.3) is 11.1 Å². The van der Waals surface area contributed by atoms with Crippen molar-refractivity contribution in [3.8, 4) is 11.1 Å². The van der Waals surface area contributed by atoms with Crippen molar-refractivity contribution in [1.82, 2.24) is 9.88 Å². The Morgan fingerprint density at radius 1 is 1.13 bits per heavy atom. The van der Waals surface area contributed by atoms with Gasteiger partial charge in [0.15, 0.2) is 0 Å². The molecule has 3 saturated heterocycles. The standard InChI is InChI=1S/C27H34F3N5O3/c1-17-3-4-21(31-26(37)34-6-5-19(15-34)14-27(28,29)30)13-22(17)20-11-24(33-7-9-38-10-8-33)32-25(12-20)35-16-23(36)18(35)2/h3-4,11-13,18-19,23,36H,5-10,14-16H2,1-2H3,(H,31,37)/t18-,19-,23+/m0/s1. The zero-order chi connectivity index (χ0) is 27.0. The fourth-order valence-corrected chi connectivity index (χ4v) is 5.38. The third-order valence-corrected chi connectivity index (χ3v) is 7.75. The monoisotopic (exact) mass is 533 g/mol. The zero-order valence-electron chi connectivity index (χ0n) is 21.7. The van der Waals surface area contributed by atoms with E-state index in [1.54, 1.807) is 6.07 Å². The SMILES string of the molecule is Cc1ccc(NC(=O)N2CC[C@@H](CC(F)(F)F)C2)cc1-c1cc(N2CCOCC2)nc(N2C[C@@H](O)[C@@H]2C)c1. The predicted octanol–water partition coefficient (Wildman–Crippen LogP) is 4.27. The van der Waals surface area contributed by atoms with E-state index in [-0.39, 0.29) is 12.6 Å². The Kier molecular flexibility index (Phi) is 7.41. The molecule has 11 heteroatoms. The summed E-state index contributed by atoms with van der Waals surface area (Å²) in [6, 6.07) is 9.23. The first-order chi connectivity index (χ1) is 18.1. The topological polar surface area (TPSA) is 81.2 Å². The molecule has 0 saturated carbocycles. The maximum atomic E-state index is 12.9. The number of amides is 2. The normalized spacial score (nSPS) is 23.9. The number of nitrogens with zero attached hydrogens (tertiary/aromatic N) is 4. The van der Waals surface area contributed by atoms with Gasteiger partial charge >= 0.3 is 12.2 Å². The van der Waals surface area contributed by atoms with Gasteiger partial charge in [-0.05, 0) is 67.1 Å². The van der Waals surface area contributed by atoms with Crippen molar-refractivity contribution >= 4 is 23.4 Å². The Balaban J connectivity index is 1.38. The maximum Gasteiger partial charge on any atom is 0.389 e. The number of likely N-dealkylation sites (tertiary alicyclic amines) is 1. The number of hydrogen-bond donors (Lipinski definition) is 2. The van der Waals surface area contributed by atoms with E-state index in [2.05, 4.69) is 15.1 Å². The van der Waals surface area contributed by atoms with Crippen LogP contribution in [-0.4, -0.2) is 85.3 Å². The lowest BCUT2D eigenvalue weighted by molar-refractivity contribution is -0.143. The first-order valence-electron chi connectivity index (χ1n) is 13.1. The second-order valence-electron chi connectivity index (χ2n) is 10.5. The molecule has 5 rings (SSSR count). The highest BCUT2D eigenvalue weighted by molar-refractivity contribution is 5.91. The Morgan fingerprint density at radius 3 is 2.55 bits per heavy atom. The zero-order valence-corrected chi connectivity index (χ0v) is 21.7. The molecule has 0 radical (unpaired) electrons. The number of benzene rings is 1. The summed E-state index contributed by atoms with van der Waals surface area (Å²) in [4.78, 5) is 23.5. The molecule has 3 fully saturated rings. The molecule has 0 unspecified atom stereocenters. The Hall–Kier alpha value is -3.05. The number of rotatable bonds is 5. The second kappa shape index (κ2) is 10.6. The van der Waals surface area contributed by atoms with Crippen molar-refractivity contribution in [2.45, 2.75) is 45.0 Å². The summed E-state index contributed by atoms with van der Waals surface area (Å²) in [5.74, 6) is 1.05. The van der Waals surface area contributed by atoms with E-state index in [0.29, 0.717) is 38.4 Å². The number of morpholine rings is 1. The van der Waals surface area contributed by atoms with Gasteiger partial charge in [0.1, 0.15) is 11.6 Å². The molecule has 38 heavy (non-hydrogen) atoms. The van der Waals surface area contributed by atoms with Crippen LogP contribution in [0, 0.1) is 12.8 Å². The number of urea groups is 1. The van der Waals surface area contributed by atoms with E-state index >= 15 is 0 Å². The summed E-state index contributed by atoms with van der Waals surface area (Å²) in [5.41, 5.74) is 3.45. The number of aliphatic hydroxyl groups is 1. The minimum Gasteiger partial charge on any atom is -0.389 e. The van der Waals surface area contributed by atoms with Crippen molar-refractivity contribution in [2.75, 3.05) is 61.1 Å². The minimum absolute atomic E-state index is 0.0383. The van der Waals surface area contributed by atoms with Gasteiger partial charge in [0.25, 0.3) is 0 Å². The fraction of sp³-hybridized carbons (Fsp3) is 0.556. The number of nitrogens with one attached hydrogen (secondary N) is 1. The molecular formula is C27H34F3N5O3. The van der Waals surface area contributed by atoms with Crippen LogP contribution in [0.5, 0.6) is 0 Å². The number of aromatic nitrogens is 1. The molecule has 206 valence electrons. The van der Waals surface area contributed by atoms with Gasteiger partial charge in [-0.3, -0.25) is 0 Å². The minimum atomic E-state index is -4.22. The first-order valence-corrected chi connectivity index (χ1v) is 13.1. The summed E-state index contributed by atoms with van der Waals surface area (Å²) in [5, 5.41) is 13.0. The van der Waals surface area contributed by atoms with Crippen LogP contribution >= 0.6 is 0 Å². The number of ether oxygens (including phenoxy) is 1. The van der Waals surface area contributed by atoms with Gasteiger partial charge in [-0.15, -0.1) is 0 Å². The van der Waals surface area contributed by atoms with Crippen molar-refractivity contribution in [2.24, 2.45) is 5.92 Å². The average Bonchev–Trinajstić information content (AvgIpc) is 3.35. The van der Waals surface area contributed by atoms with Gasteiger partial charge in [0.05, 0.1) is 25.4 Å². The smallest absolute Gasteiger partial charge is 0.389 e. The van der Waals surface area contributed by atoms with E-state index < -0.39 is 30.7 Å². The predicted molar refractivity (Wildman–Crippen MR) is 140 cm³/mol. The van der Waals surface area contributed by atoms with Gasteiger partial charge in [0, 0.05) is 44.8 Å². The molecule has 2 N–H and O–H groups in total. The van der Waals surface area contributed by atoms with Crippen molar-refractivity contribution < 1.29 is 27.8 Å². The highest BCUT2D eigenvalue weighted by Crippen LogP contribution is 2.35. The molecule has 8 nitrogen and oxygen atoms in total. The number of halogens is 3. The number of alkyl halides is 3. The molecule has 1 aromatic carbocycles. The largest absolute Gasteiger partial charge is 0.389 e. The number of aryl methyl sites for hydroxylation is 1. The van der Waals surface area contributed by atoms with Crippen LogP contribution in [0.1, 0.15) is 25.3 Å². The van der Waals surface area contributed by atoms with Gasteiger partial charge in [-0.25, -0.2) is 9.78 Å². The molecule has 2 aromatic rings.